The summed E-state index contributed by atoms with van der Waals surface area (Å²) in [6.45, 7) is -0.503. The van der Waals surface area contributed by atoms with Gasteiger partial charge in [0.15, 0.2) is 0 Å². The fourth-order valence-corrected chi connectivity index (χ4v) is 4.63. The fourth-order valence-electron chi connectivity index (χ4n) is 4.63. The van der Waals surface area contributed by atoms with Gasteiger partial charge >= 0.3 is 11.9 Å². The summed E-state index contributed by atoms with van der Waals surface area (Å²) in [6.07, 6.45) is -3.43. The van der Waals surface area contributed by atoms with Crippen molar-refractivity contribution in [2.45, 2.75) is 69.8 Å². The monoisotopic (exact) mass is 518 g/mol. The Bertz CT molecular complexity index is 1090. The first-order chi connectivity index (χ1) is 16.7. The Morgan fingerprint density at radius 1 is 1.22 bits per heavy atom. The van der Waals surface area contributed by atoms with Gasteiger partial charge in [-0.15, -0.1) is 0 Å². The molecule has 14 heteroatoms. The summed E-state index contributed by atoms with van der Waals surface area (Å²) in [4.78, 5) is 52.3. The Morgan fingerprint density at radius 2 is 1.81 bits per heavy atom. The summed E-state index contributed by atoms with van der Waals surface area (Å²) < 4.78 is 39.3. The number of nitrogens with zero attached hydrogens (tertiary/aromatic N) is 4. The second-order valence-electron chi connectivity index (χ2n) is 9.38. The molecule has 0 radical (unpaired) electrons. The molecule has 1 aliphatic carbocycles. The van der Waals surface area contributed by atoms with Crippen molar-refractivity contribution in [3.63, 3.8) is 0 Å². The highest BCUT2D eigenvalue weighted by atomic mass is 19.4. The standard InChI is InChI=1S/C22H33F3N6O5/c1-28(2)15(18(33)29(3)12-32)11-13-5-7-14(8-6-13)31-20(35)16(17(26)27)19(34)30(21(31)36)10-4-9-22(23,24)25/h12-15,34H,4-11H2,1-3H3,(H3,26,27). The second kappa shape index (κ2) is 11.7. The number of hydrogen-bond acceptors (Lipinski definition) is 7. The molecule has 0 saturated heterocycles. The number of amides is 2. The van der Waals surface area contributed by atoms with Gasteiger partial charge in [0, 0.05) is 26.1 Å². The molecular weight excluding hydrogens is 485 g/mol. The van der Waals surface area contributed by atoms with Gasteiger partial charge in [0.2, 0.25) is 18.2 Å². The maximum absolute atomic E-state index is 13.1. The van der Waals surface area contributed by atoms with Crippen LogP contribution in [0.4, 0.5) is 13.2 Å². The van der Waals surface area contributed by atoms with Crippen LogP contribution in [-0.4, -0.2) is 75.6 Å². The van der Waals surface area contributed by atoms with Crippen molar-refractivity contribution in [3.05, 3.63) is 26.4 Å². The third-order valence-electron chi connectivity index (χ3n) is 6.61. The summed E-state index contributed by atoms with van der Waals surface area (Å²) in [5.74, 6) is -2.00. The number of nitrogens with one attached hydrogen (secondary N) is 1. The molecule has 1 heterocycles. The Balaban J connectivity index is 2.29. The summed E-state index contributed by atoms with van der Waals surface area (Å²) >= 11 is 0. The average Bonchev–Trinajstić information content (AvgIpc) is 2.78. The van der Waals surface area contributed by atoms with Gasteiger partial charge in [-0.05, 0) is 58.5 Å². The number of nitrogens with two attached hydrogens (primary N) is 1. The van der Waals surface area contributed by atoms with Crippen LogP contribution in [0.15, 0.2) is 9.59 Å². The van der Waals surface area contributed by atoms with Crippen LogP contribution >= 0.6 is 0 Å². The molecule has 1 aliphatic rings. The van der Waals surface area contributed by atoms with Gasteiger partial charge in [-0.1, -0.05) is 0 Å². The van der Waals surface area contributed by atoms with E-state index in [0.717, 1.165) is 9.47 Å². The third kappa shape index (κ3) is 6.74. The van der Waals surface area contributed by atoms with Crippen molar-refractivity contribution in [3.8, 4) is 5.88 Å². The number of rotatable bonds is 10. The lowest BCUT2D eigenvalue weighted by molar-refractivity contribution is -0.141. The molecule has 1 aromatic heterocycles. The number of alkyl halides is 3. The number of hydrogen-bond donors (Lipinski definition) is 3. The van der Waals surface area contributed by atoms with Crippen molar-refractivity contribution in [2.75, 3.05) is 21.1 Å². The summed E-state index contributed by atoms with van der Waals surface area (Å²) in [6, 6.07) is -1.15. The van der Waals surface area contributed by atoms with Gasteiger partial charge in [0.1, 0.15) is 11.4 Å². The topological polar surface area (TPSA) is 155 Å². The van der Waals surface area contributed by atoms with Crippen molar-refractivity contribution >= 4 is 18.2 Å². The number of imide groups is 1. The molecule has 1 fully saturated rings. The first-order valence-corrected chi connectivity index (χ1v) is 11.6. The Labute approximate surface area is 205 Å². The van der Waals surface area contributed by atoms with E-state index in [2.05, 4.69) is 0 Å². The van der Waals surface area contributed by atoms with Crippen LogP contribution in [0.3, 0.4) is 0 Å². The lowest BCUT2D eigenvalue weighted by atomic mass is 9.81. The molecule has 2 rings (SSSR count). The van der Waals surface area contributed by atoms with Gasteiger partial charge in [0.05, 0.1) is 6.04 Å². The van der Waals surface area contributed by atoms with E-state index in [0.29, 0.717) is 43.1 Å². The molecule has 202 valence electrons. The highest BCUT2D eigenvalue weighted by Crippen LogP contribution is 2.34. The van der Waals surface area contributed by atoms with Gasteiger partial charge in [-0.2, -0.15) is 13.2 Å². The van der Waals surface area contributed by atoms with Crippen molar-refractivity contribution in [1.82, 2.24) is 18.9 Å². The molecule has 4 N–H and O–H groups in total. The summed E-state index contributed by atoms with van der Waals surface area (Å²) in [7, 11) is 4.84. The number of likely N-dealkylation sites (N-methyl/N-ethyl adjacent to an activating group) is 2. The Hall–Kier alpha value is -3.16. The van der Waals surface area contributed by atoms with Crippen LogP contribution in [0.5, 0.6) is 5.88 Å². The molecule has 1 unspecified atom stereocenters. The second-order valence-corrected chi connectivity index (χ2v) is 9.38. The van der Waals surface area contributed by atoms with E-state index in [1.807, 2.05) is 0 Å². The molecule has 1 aromatic rings. The van der Waals surface area contributed by atoms with E-state index in [9.17, 15) is 37.5 Å². The number of carbonyl (C=O) groups excluding carboxylic acids is 2. The van der Waals surface area contributed by atoms with Crippen LogP contribution in [0.25, 0.3) is 0 Å². The normalized spacial score (nSPS) is 19.2. The minimum atomic E-state index is -4.46. The molecule has 1 atom stereocenters. The lowest BCUT2D eigenvalue weighted by Crippen LogP contribution is -2.47. The Kier molecular flexibility index (Phi) is 9.46. The van der Waals surface area contributed by atoms with Gasteiger partial charge in [-0.3, -0.25) is 38.7 Å². The molecule has 36 heavy (non-hydrogen) atoms. The SMILES string of the molecule is CN(C=O)C(=O)C(CC1CCC(n2c(=O)c(C(=N)N)c(O)n(CCCC(F)(F)F)c2=O)CC1)N(C)C. The number of carbonyl (C=O) groups is 2. The summed E-state index contributed by atoms with van der Waals surface area (Å²) in [5, 5.41) is 18.0. The zero-order valence-corrected chi connectivity index (χ0v) is 20.5. The van der Waals surface area contributed by atoms with Gasteiger partial charge in [0.25, 0.3) is 5.56 Å². The molecular formula is C22H33F3N6O5. The highest BCUT2D eigenvalue weighted by Gasteiger charge is 2.33. The van der Waals surface area contributed by atoms with Crippen molar-refractivity contribution in [1.29, 1.82) is 5.41 Å². The van der Waals surface area contributed by atoms with Crippen LogP contribution < -0.4 is 17.0 Å². The highest BCUT2D eigenvalue weighted by molar-refractivity contribution is 5.96. The minimum Gasteiger partial charge on any atom is -0.494 e. The number of halogens is 3. The predicted octanol–water partition coefficient (Wildman–Crippen LogP) is 1.01. The first-order valence-electron chi connectivity index (χ1n) is 11.6. The van der Waals surface area contributed by atoms with Crippen LogP contribution in [0, 0.1) is 11.3 Å². The maximum Gasteiger partial charge on any atom is 0.389 e. The quantitative estimate of drug-likeness (QED) is 0.237. The van der Waals surface area contributed by atoms with E-state index in [4.69, 9.17) is 11.1 Å². The van der Waals surface area contributed by atoms with Crippen LogP contribution in [0.1, 0.15) is 56.6 Å². The molecule has 0 aliphatic heterocycles. The molecule has 0 spiro atoms. The molecule has 2 amide bonds. The smallest absolute Gasteiger partial charge is 0.389 e. The molecule has 0 bridgehead atoms. The van der Waals surface area contributed by atoms with Gasteiger partial charge in [-0.25, -0.2) is 4.79 Å². The minimum absolute atomic E-state index is 0.0618. The Morgan fingerprint density at radius 3 is 2.28 bits per heavy atom. The molecule has 1 saturated carbocycles. The number of amidine groups is 1. The fraction of sp³-hybridized carbons (Fsp3) is 0.682. The van der Waals surface area contributed by atoms with E-state index in [1.165, 1.54) is 7.05 Å². The number of aromatic nitrogens is 2. The van der Waals surface area contributed by atoms with Crippen molar-refractivity contribution < 1.29 is 27.9 Å². The zero-order valence-electron chi connectivity index (χ0n) is 20.5. The van der Waals surface area contributed by atoms with Gasteiger partial charge < -0.3 is 10.8 Å². The molecule has 11 nitrogen and oxygen atoms in total. The lowest BCUT2D eigenvalue weighted by Gasteiger charge is -2.34. The average molecular weight is 519 g/mol. The number of aromatic hydroxyl groups is 1. The maximum atomic E-state index is 13.1. The first kappa shape index (κ1) is 29.1. The van der Waals surface area contributed by atoms with E-state index < -0.39 is 66.2 Å². The summed E-state index contributed by atoms with van der Waals surface area (Å²) in [5.41, 5.74) is 2.90. The van der Waals surface area contributed by atoms with Crippen LogP contribution in [0.2, 0.25) is 0 Å². The zero-order chi connectivity index (χ0) is 27.4. The van der Waals surface area contributed by atoms with Crippen LogP contribution in [-0.2, 0) is 16.1 Å². The third-order valence-corrected chi connectivity index (χ3v) is 6.61. The van der Waals surface area contributed by atoms with E-state index >= 15 is 0 Å². The van der Waals surface area contributed by atoms with E-state index in [-0.39, 0.29) is 11.8 Å². The van der Waals surface area contributed by atoms with E-state index in [1.54, 1.807) is 19.0 Å². The molecule has 0 aromatic carbocycles. The number of nitrogen functional groups attached to an aromatic ring is 1. The van der Waals surface area contributed by atoms with Crippen molar-refractivity contribution in [2.24, 2.45) is 11.7 Å². The predicted molar refractivity (Wildman–Crippen MR) is 125 cm³/mol. The largest absolute Gasteiger partial charge is 0.494 e.